The smallest absolute Gasteiger partial charge is 0.251 e. The topological polar surface area (TPSA) is 91.7 Å². The largest absolute Gasteiger partial charge is 0.453 e. The van der Waals surface area contributed by atoms with Gasteiger partial charge in [0.05, 0.1) is 11.6 Å². The minimum absolute atomic E-state index is 0.201. The highest BCUT2D eigenvalue weighted by molar-refractivity contribution is 6.32. The fourth-order valence-electron chi connectivity index (χ4n) is 8.02. The van der Waals surface area contributed by atoms with Crippen LogP contribution in [-0.2, 0) is 20.5 Å². The first-order valence-corrected chi connectivity index (χ1v) is 13.6. The minimum Gasteiger partial charge on any atom is -0.453 e. The molecule has 0 unspecified atom stereocenters. The van der Waals surface area contributed by atoms with E-state index in [-0.39, 0.29) is 29.4 Å². The van der Waals surface area contributed by atoms with Crippen molar-refractivity contribution >= 4 is 51.5 Å². The summed E-state index contributed by atoms with van der Waals surface area (Å²) >= 11 is 6.49. The molecular formula is C31H24ClN3O4. The highest BCUT2D eigenvalue weighted by Crippen LogP contribution is 2.68. The number of nitrogens with zero attached hydrogens (tertiary/aromatic N) is 1. The Morgan fingerprint density at radius 2 is 1.79 bits per heavy atom. The maximum Gasteiger partial charge on any atom is 0.251 e. The molecule has 1 aromatic heterocycles. The fraction of sp³-hybridized carbons (Fsp3) is 0.258. The van der Waals surface area contributed by atoms with Gasteiger partial charge in [-0.05, 0) is 61.7 Å². The maximum atomic E-state index is 14.7. The molecule has 7 nitrogen and oxygen atoms in total. The Morgan fingerprint density at radius 3 is 2.64 bits per heavy atom. The van der Waals surface area contributed by atoms with Crippen LogP contribution < -0.4 is 10.6 Å². The SMILES string of the molecule is Cc1c(Cl)ccc2c1NC(=O)[C@]21N2CCC[C@H]2[C@@H](C(=O)c2cc3ccccc3o2)[C@]12C(=O)Nc1ccccc12. The van der Waals surface area contributed by atoms with Crippen molar-refractivity contribution in [2.24, 2.45) is 5.92 Å². The molecule has 194 valence electrons. The van der Waals surface area contributed by atoms with Gasteiger partial charge in [-0.1, -0.05) is 54.1 Å². The van der Waals surface area contributed by atoms with Crippen LogP contribution in [-0.4, -0.2) is 35.1 Å². The van der Waals surface area contributed by atoms with Crippen LogP contribution in [0.1, 0.15) is 40.1 Å². The maximum absolute atomic E-state index is 14.7. The van der Waals surface area contributed by atoms with Crippen LogP contribution in [0.5, 0.6) is 0 Å². The molecule has 39 heavy (non-hydrogen) atoms. The summed E-state index contributed by atoms with van der Waals surface area (Å²) in [6.45, 7) is 2.45. The van der Waals surface area contributed by atoms with Crippen molar-refractivity contribution in [3.63, 3.8) is 0 Å². The number of anilines is 2. The first kappa shape index (κ1) is 23.0. The number of rotatable bonds is 2. The number of Topliss-reactive ketones (excluding diaryl/α,β-unsaturated/α-hetero) is 1. The van der Waals surface area contributed by atoms with Gasteiger partial charge in [0, 0.05) is 27.7 Å². The molecule has 3 aromatic carbocycles. The van der Waals surface area contributed by atoms with Crippen LogP contribution in [0.25, 0.3) is 11.0 Å². The van der Waals surface area contributed by atoms with Crippen molar-refractivity contribution in [1.82, 2.24) is 4.90 Å². The number of fused-ring (bicyclic) bond motifs is 8. The summed E-state index contributed by atoms with van der Waals surface area (Å²) in [5, 5.41) is 7.50. The van der Waals surface area contributed by atoms with Gasteiger partial charge in [0.25, 0.3) is 5.91 Å². The molecule has 4 aromatic rings. The number of benzene rings is 3. The Morgan fingerprint density at radius 1 is 1.00 bits per heavy atom. The molecule has 2 saturated heterocycles. The number of carbonyl (C=O) groups excluding carboxylic acids is 3. The second-order valence-electron chi connectivity index (χ2n) is 11.0. The average Bonchev–Trinajstić information content (AvgIpc) is 3.72. The fourth-order valence-corrected chi connectivity index (χ4v) is 8.18. The number of hydrogen-bond donors (Lipinski definition) is 2. The van der Waals surface area contributed by atoms with Gasteiger partial charge in [-0.25, -0.2) is 0 Å². The molecule has 0 radical (unpaired) electrons. The molecule has 2 fully saturated rings. The molecule has 8 heteroatoms. The first-order chi connectivity index (χ1) is 18.9. The third-order valence-corrected chi connectivity index (χ3v) is 9.83. The first-order valence-electron chi connectivity index (χ1n) is 13.2. The zero-order valence-electron chi connectivity index (χ0n) is 21.1. The van der Waals surface area contributed by atoms with Crippen molar-refractivity contribution in [3.05, 3.63) is 94.2 Å². The second-order valence-corrected chi connectivity index (χ2v) is 11.4. The number of ketones is 1. The summed E-state index contributed by atoms with van der Waals surface area (Å²) in [5.74, 6) is -1.56. The number of para-hydroxylation sites is 2. The molecule has 0 saturated carbocycles. The molecule has 2 N–H and O–H groups in total. The van der Waals surface area contributed by atoms with Gasteiger partial charge in [0.2, 0.25) is 11.7 Å². The lowest BCUT2D eigenvalue weighted by Gasteiger charge is -2.43. The lowest BCUT2D eigenvalue weighted by Crippen LogP contribution is -2.62. The standard InChI is InChI=1S/C31H24ClN3O4/c1-16-20(32)13-12-19-26(16)34-29(38)31(19)30(18-8-3-4-9-21(18)33-28(30)37)25(22-10-6-14-35(22)31)27(36)24-15-17-7-2-5-11-23(17)39-24/h2-5,7-9,11-13,15,22,25H,6,10,14H2,1H3,(H,33,37)(H,34,38)/t22-,25-,30+,31+/m0/s1. The molecule has 0 aliphatic carbocycles. The van der Waals surface area contributed by atoms with Crippen LogP contribution in [0.2, 0.25) is 5.02 Å². The van der Waals surface area contributed by atoms with E-state index >= 15 is 0 Å². The zero-order valence-corrected chi connectivity index (χ0v) is 21.8. The summed E-state index contributed by atoms with van der Waals surface area (Å²) in [6.07, 6.45) is 1.50. The number of amides is 2. The quantitative estimate of drug-likeness (QED) is 0.334. The Kier molecular flexibility index (Phi) is 4.47. The van der Waals surface area contributed by atoms with Crippen molar-refractivity contribution in [2.75, 3.05) is 17.2 Å². The van der Waals surface area contributed by atoms with Gasteiger partial charge >= 0.3 is 0 Å². The second kappa shape index (κ2) is 7.58. The van der Waals surface area contributed by atoms with Gasteiger partial charge < -0.3 is 15.1 Å². The van der Waals surface area contributed by atoms with Gasteiger partial charge in [-0.3, -0.25) is 19.3 Å². The highest BCUT2D eigenvalue weighted by atomic mass is 35.5. The molecule has 0 bridgehead atoms. The molecule has 2 amide bonds. The van der Waals surface area contributed by atoms with Crippen LogP contribution in [0.15, 0.2) is 71.1 Å². The van der Waals surface area contributed by atoms with E-state index in [0.717, 1.165) is 17.4 Å². The van der Waals surface area contributed by atoms with E-state index in [9.17, 15) is 14.4 Å². The Balaban J connectivity index is 1.47. The van der Waals surface area contributed by atoms with Crippen LogP contribution >= 0.6 is 11.6 Å². The van der Waals surface area contributed by atoms with Gasteiger partial charge in [-0.15, -0.1) is 0 Å². The molecule has 5 heterocycles. The Bertz CT molecular complexity index is 1750. The summed E-state index contributed by atoms with van der Waals surface area (Å²) in [7, 11) is 0. The van der Waals surface area contributed by atoms with E-state index in [1.165, 1.54) is 0 Å². The van der Waals surface area contributed by atoms with Gasteiger partial charge in [0.15, 0.2) is 5.76 Å². The molecule has 4 atom stereocenters. The molecule has 2 spiro atoms. The number of furan rings is 1. The van der Waals surface area contributed by atoms with Crippen molar-refractivity contribution in [3.8, 4) is 0 Å². The summed E-state index contributed by atoms with van der Waals surface area (Å²) in [5.41, 5.74) is 0.995. The van der Waals surface area contributed by atoms with Crippen molar-refractivity contribution in [1.29, 1.82) is 0 Å². The zero-order chi connectivity index (χ0) is 26.7. The lowest BCUT2D eigenvalue weighted by molar-refractivity contribution is -0.137. The van der Waals surface area contributed by atoms with Gasteiger partial charge in [-0.2, -0.15) is 0 Å². The summed E-state index contributed by atoms with van der Waals surface area (Å²) < 4.78 is 6.08. The van der Waals surface area contributed by atoms with E-state index in [2.05, 4.69) is 15.5 Å². The van der Waals surface area contributed by atoms with E-state index in [1.54, 1.807) is 12.1 Å². The minimum atomic E-state index is -1.51. The average molecular weight is 538 g/mol. The number of nitrogens with one attached hydrogen (secondary N) is 2. The number of hydrogen-bond acceptors (Lipinski definition) is 5. The number of halogens is 1. The lowest BCUT2D eigenvalue weighted by atomic mass is 9.57. The van der Waals surface area contributed by atoms with Crippen LogP contribution in [0.4, 0.5) is 11.4 Å². The monoisotopic (exact) mass is 537 g/mol. The molecule has 8 rings (SSSR count). The van der Waals surface area contributed by atoms with Crippen LogP contribution in [0, 0.1) is 12.8 Å². The normalized spacial score (nSPS) is 28.7. The predicted molar refractivity (Wildman–Crippen MR) is 147 cm³/mol. The molecule has 4 aliphatic heterocycles. The van der Waals surface area contributed by atoms with E-state index in [0.29, 0.717) is 46.1 Å². The number of carbonyl (C=O) groups is 3. The molecule has 4 aliphatic rings. The third-order valence-electron chi connectivity index (χ3n) is 9.42. The van der Waals surface area contributed by atoms with Gasteiger partial charge in [0.1, 0.15) is 16.5 Å². The predicted octanol–water partition coefficient (Wildman–Crippen LogP) is 5.41. The van der Waals surface area contributed by atoms with Crippen LogP contribution in [0.3, 0.4) is 0 Å². The third kappa shape index (κ3) is 2.51. The van der Waals surface area contributed by atoms with Crippen molar-refractivity contribution in [2.45, 2.75) is 36.8 Å². The Labute approximate surface area is 229 Å². The highest BCUT2D eigenvalue weighted by Gasteiger charge is 2.81. The summed E-state index contributed by atoms with van der Waals surface area (Å²) in [4.78, 5) is 45.9. The van der Waals surface area contributed by atoms with Crippen molar-refractivity contribution < 1.29 is 18.8 Å². The van der Waals surface area contributed by atoms with E-state index in [4.69, 9.17) is 16.0 Å². The van der Waals surface area contributed by atoms with E-state index < -0.39 is 16.9 Å². The Hall–Kier alpha value is -3.94. The molecular weight excluding hydrogens is 514 g/mol. The van der Waals surface area contributed by atoms with E-state index in [1.807, 2.05) is 61.5 Å². The summed E-state index contributed by atoms with van der Waals surface area (Å²) in [6, 6.07) is 19.9.